The van der Waals surface area contributed by atoms with Crippen LogP contribution in [0.4, 0.5) is 0 Å². The lowest BCUT2D eigenvalue weighted by atomic mass is 9.72. The summed E-state index contributed by atoms with van der Waals surface area (Å²) in [6.07, 6.45) is -2.54. The van der Waals surface area contributed by atoms with Crippen LogP contribution in [0.1, 0.15) is 20.8 Å². The van der Waals surface area contributed by atoms with E-state index in [-0.39, 0.29) is 0 Å². The summed E-state index contributed by atoms with van der Waals surface area (Å²) in [6, 6.07) is 0. The van der Waals surface area contributed by atoms with Gasteiger partial charge in [0.2, 0.25) is 5.60 Å². The fourth-order valence-corrected chi connectivity index (χ4v) is 1.52. The highest BCUT2D eigenvalue weighted by Crippen LogP contribution is 2.29. The number of carboxylic acid groups (broad SMARTS) is 1. The van der Waals surface area contributed by atoms with E-state index in [1.54, 1.807) is 0 Å². The zero-order valence-electron chi connectivity index (χ0n) is 10.00. The quantitative estimate of drug-likeness (QED) is 0.389. The third kappa shape index (κ3) is 2.05. The van der Waals surface area contributed by atoms with Crippen molar-refractivity contribution < 1.29 is 39.6 Å². The van der Waals surface area contributed by atoms with Crippen LogP contribution in [-0.2, 0) is 19.2 Å². The minimum atomic E-state index is -3.61. The van der Waals surface area contributed by atoms with Crippen molar-refractivity contribution in [3.05, 3.63) is 0 Å². The average molecular weight is 262 g/mol. The Morgan fingerprint density at radius 1 is 0.944 bits per heavy atom. The molecule has 0 heterocycles. The Balaban J connectivity index is 6.19. The van der Waals surface area contributed by atoms with Gasteiger partial charge in [0.15, 0.2) is 23.5 Å². The van der Waals surface area contributed by atoms with Gasteiger partial charge in [-0.05, 0) is 20.8 Å². The van der Waals surface area contributed by atoms with Crippen molar-refractivity contribution in [2.24, 2.45) is 0 Å². The Bertz CT molecular complexity index is 398. The summed E-state index contributed by atoms with van der Waals surface area (Å²) >= 11 is 0. The first-order chi connectivity index (χ1) is 7.93. The molecule has 1 unspecified atom stereocenters. The van der Waals surface area contributed by atoms with E-state index in [0.717, 1.165) is 6.92 Å². The highest BCUT2D eigenvalue weighted by molar-refractivity contribution is 6.14. The van der Waals surface area contributed by atoms with Gasteiger partial charge in [0.25, 0.3) is 5.60 Å². The fourth-order valence-electron chi connectivity index (χ4n) is 1.52. The number of Topliss-reactive ketones (excluding diaryl/α,β-unsaturated/α-hetero) is 3. The molecule has 0 aliphatic rings. The van der Waals surface area contributed by atoms with E-state index < -0.39 is 40.6 Å². The van der Waals surface area contributed by atoms with Crippen LogP contribution in [0, 0.1) is 0 Å². The molecular formula is C10H14O8. The van der Waals surface area contributed by atoms with E-state index in [2.05, 4.69) is 0 Å². The molecule has 3 atom stereocenters. The summed E-state index contributed by atoms with van der Waals surface area (Å²) in [5.74, 6) is -6.33. The minimum absolute atomic E-state index is 0.606. The molecule has 0 aliphatic heterocycles. The number of hydrogen-bond donors (Lipinski definition) is 4. The molecule has 0 fully saturated rings. The predicted octanol–water partition coefficient (Wildman–Crippen LogP) is -2.34. The highest BCUT2D eigenvalue weighted by Gasteiger charge is 2.66. The Morgan fingerprint density at radius 2 is 1.33 bits per heavy atom. The highest BCUT2D eigenvalue weighted by atomic mass is 16.4. The Kier molecular flexibility index (Phi) is 4.48. The van der Waals surface area contributed by atoms with Gasteiger partial charge in [-0.3, -0.25) is 14.4 Å². The molecular weight excluding hydrogens is 248 g/mol. The summed E-state index contributed by atoms with van der Waals surface area (Å²) in [7, 11) is 0. The van der Waals surface area contributed by atoms with Gasteiger partial charge in [0, 0.05) is 0 Å². The average Bonchev–Trinajstić information content (AvgIpc) is 2.24. The third-order valence-corrected chi connectivity index (χ3v) is 2.69. The van der Waals surface area contributed by atoms with Crippen LogP contribution < -0.4 is 0 Å². The van der Waals surface area contributed by atoms with Crippen molar-refractivity contribution in [3.63, 3.8) is 0 Å². The van der Waals surface area contributed by atoms with Gasteiger partial charge in [-0.15, -0.1) is 0 Å². The van der Waals surface area contributed by atoms with Crippen LogP contribution in [0.5, 0.6) is 0 Å². The lowest BCUT2D eigenvalue weighted by Gasteiger charge is -2.38. The van der Waals surface area contributed by atoms with Gasteiger partial charge >= 0.3 is 5.97 Å². The van der Waals surface area contributed by atoms with Gasteiger partial charge < -0.3 is 20.4 Å². The maximum atomic E-state index is 11.3. The third-order valence-electron chi connectivity index (χ3n) is 2.69. The minimum Gasteiger partial charge on any atom is -0.479 e. The predicted molar refractivity (Wildman–Crippen MR) is 55.6 cm³/mol. The van der Waals surface area contributed by atoms with E-state index in [0.29, 0.717) is 13.8 Å². The normalized spacial score (nSPS) is 19.2. The Labute approximate surface area is 102 Å². The number of ketones is 3. The van der Waals surface area contributed by atoms with Gasteiger partial charge in [-0.25, -0.2) is 4.79 Å². The van der Waals surface area contributed by atoms with Crippen LogP contribution >= 0.6 is 0 Å². The number of aliphatic carboxylic acids is 1. The van der Waals surface area contributed by atoms with Crippen molar-refractivity contribution in [1.29, 1.82) is 0 Å². The topological polar surface area (TPSA) is 149 Å². The molecule has 0 aromatic rings. The standard InChI is InChI=1S/C10H14O8/c1-4(11)7(14)9(17,5(2)12)10(18,6(3)13)8(15)16/h7,14,17-18H,1-3H3,(H,15,16)/t7?,9-,10+/m1/s1. The van der Waals surface area contributed by atoms with Crippen molar-refractivity contribution in [2.45, 2.75) is 38.1 Å². The monoisotopic (exact) mass is 262 g/mol. The lowest BCUT2D eigenvalue weighted by molar-refractivity contribution is -0.212. The summed E-state index contributed by atoms with van der Waals surface area (Å²) in [5.41, 5.74) is -7.06. The summed E-state index contributed by atoms with van der Waals surface area (Å²) in [5, 5.41) is 37.9. The van der Waals surface area contributed by atoms with Gasteiger partial charge in [-0.1, -0.05) is 0 Å². The number of carbonyl (C=O) groups excluding carboxylic acids is 3. The molecule has 18 heavy (non-hydrogen) atoms. The zero-order valence-corrected chi connectivity index (χ0v) is 10.00. The number of hydrogen-bond acceptors (Lipinski definition) is 7. The zero-order chi connectivity index (χ0) is 14.9. The first-order valence-corrected chi connectivity index (χ1v) is 4.82. The van der Waals surface area contributed by atoms with Crippen molar-refractivity contribution in [1.82, 2.24) is 0 Å². The van der Waals surface area contributed by atoms with Crippen molar-refractivity contribution >= 4 is 23.3 Å². The Morgan fingerprint density at radius 3 is 1.50 bits per heavy atom. The molecule has 0 amide bonds. The largest absolute Gasteiger partial charge is 0.479 e. The van der Waals surface area contributed by atoms with Crippen LogP contribution in [0.15, 0.2) is 0 Å². The van der Waals surface area contributed by atoms with E-state index in [1.807, 2.05) is 0 Å². The molecule has 0 aromatic heterocycles. The Hall–Kier alpha value is -1.64. The molecule has 102 valence electrons. The number of aliphatic hydroxyl groups is 3. The molecule has 0 aliphatic carbocycles. The smallest absolute Gasteiger partial charge is 0.347 e. The molecule has 0 saturated carbocycles. The second-order valence-corrected chi connectivity index (χ2v) is 3.91. The SMILES string of the molecule is CC(=O)C(O)[C@](O)(C(C)=O)[C@](O)(C(C)=O)C(=O)O. The molecule has 4 N–H and O–H groups in total. The number of carbonyl (C=O) groups is 4. The molecule has 0 saturated heterocycles. The first-order valence-electron chi connectivity index (χ1n) is 4.82. The van der Waals surface area contributed by atoms with Crippen LogP contribution in [0.25, 0.3) is 0 Å². The summed E-state index contributed by atoms with van der Waals surface area (Å²) in [4.78, 5) is 44.5. The first kappa shape index (κ1) is 16.4. The summed E-state index contributed by atoms with van der Waals surface area (Å²) in [6.45, 7) is 2.01. The molecule has 0 aromatic carbocycles. The maximum Gasteiger partial charge on any atom is 0.347 e. The van der Waals surface area contributed by atoms with Crippen LogP contribution in [-0.4, -0.2) is 61.1 Å². The molecule has 0 bridgehead atoms. The summed E-state index contributed by atoms with van der Waals surface area (Å²) < 4.78 is 0. The second-order valence-electron chi connectivity index (χ2n) is 3.91. The number of rotatable bonds is 6. The van der Waals surface area contributed by atoms with Crippen LogP contribution in [0.3, 0.4) is 0 Å². The van der Waals surface area contributed by atoms with E-state index in [4.69, 9.17) is 5.11 Å². The second kappa shape index (κ2) is 4.92. The fraction of sp³-hybridized carbons (Fsp3) is 0.600. The number of aliphatic hydroxyl groups excluding tert-OH is 1. The molecule has 0 rings (SSSR count). The van der Waals surface area contributed by atoms with E-state index >= 15 is 0 Å². The molecule has 8 nitrogen and oxygen atoms in total. The van der Waals surface area contributed by atoms with E-state index in [1.165, 1.54) is 0 Å². The maximum absolute atomic E-state index is 11.3. The number of carboxylic acids is 1. The lowest BCUT2D eigenvalue weighted by Crippen LogP contribution is -2.73. The van der Waals surface area contributed by atoms with Crippen molar-refractivity contribution in [3.8, 4) is 0 Å². The van der Waals surface area contributed by atoms with Gasteiger partial charge in [0.05, 0.1) is 0 Å². The van der Waals surface area contributed by atoms with Crippen LogP contribution in [0.2, 0.25) is 0 Å². The van der Waals surface area contributed by atoms with Gasteiger partial charge in [-0.2, -0.15) is 0 Å². The molecule has 0 radical (unpaired) electrons. The molecule has 0 spiro atoms. The van der Waals surface area contributed by atoms with Crippen molar-refractivity contribution in [2.75, 3.05) is 0 Å². The van der Waals surface area contributed by atoms with E-state index in [9.17, 15) is 34.5 Å². The van der Waals surface area contributed by atoms with Gasteiger partial charge in [0.1, 0.15) is 0 Å². The molecule has 8 heteroatoms.